The number of nitrogens with two attached hydrogens (primary N) is 1. The minimum atomic E-state index is -0.221. The lowest BCUT2D eigenvalue weighted by Crippen LogP contribution is -2.19. The van der Waals surface area contributed by atoms with Gasteiger partial charge in [-0.3, -0.25) is 0 Å². The van der Waals surface area contributed by atoms with E-state index >= 15 is 0 Å². The van der Waals surface area contributed by atoms with Crippen LogP contribution >= 0.6 is 11.3 Å². The lowest BCUT2D eigenvalue weighted by atomic mass is 10.1. The maximum absolute atomic E-state index is 13.3. The van der Waals surface area contributed by atoms with Crippen LogP contribution < -0.4 is 5.73 Å². The molecule has 0 unspecified atom stereocenters. The summed E-state index contributed by atoms with van der Waals surface area (Å²) in [5.74, 6) is -0.221. The average Bonchev–Trinajstić information content (AvgIpc) is 3.07. The molecule has 1 aliphatic rings. The molecule has 0 bridgehead atoms. The Labute approximate surface area is 110 Å². The Bertz CT molecular complexity index is 587. The first-order valence-electron chi connectivity index (χ1n) is 6.08. The van der Waals surface area contributed by atoms with Gasteiger partial charge in [0, 0.05) is 22.4 Å². The molecule has 2 aromatic rings. The van der Waals surface area contributed by atoms with Crippen LogP contribution in [0.3, 0.4) is 0 Å². The third kappa shape index (κ3) is 1.85. The molecule has 1 saturated carbocycles. The van der Waals surface area contributed by atoms with Crippen molar-refractivity contribution in [1.82, 2.24) is 4.98 Å². The number of halogens is 1. The zero-order valence-corrected chi connectivity index (χ0v) is 11.1. The van der Waals surface area contributed by atoms with Crippen LogP contribution in [0, 0.1) is 12.7 Å². The predicted octanol–water partition coefficient (Wildman–Crippen LogP) is 3.25. The number of rotatable bonds is 3. The van der Waals surface area contributed by atoms with Crippen molar-refractivity contribution in [1.29, 1.82) is 0 Å². The van der Waals surface area contributed by atoms with E-state index < -0.39 is 0 Å². The van der Waals surface area contributed by atoms with Crippen LogP contribution in [0.25, 0.3) is 11.3 Å². The van der Waals surface area contributed by atoms with Gasteiger partial charge in [0.2, 0.25) is 0 Å². The summed E-state index contributed by atoms with van der Waals surface area (Å²) < 4.78 is 13.3. The predicted molar refractivity (Wildman–Crippen MR) is 72.2 cm³/mol. The number of hydrogen-bond donors (Lipinski definition) is 1. The zero-order valence-electron chi connectivity index (χ0n) is 10.2. The minimum absolute atomic E-state index is 0.112. The van der Waals surface area contributed by atoms with E-state index in [4.69, 9.17) is 10.7 Å². The van der Waals surface area contributed by atoms with Crippen molar-refractivity contribution < 1.29 is 4.39 Å². The number of hydrogen-bond acceptors (Lipinski definition) is 3. The van der Waals surface area contributed by atoms with Gasteiger partial charge in [-0.1, -0.05) is 12.1 Å². The van der Waals surface area contributed by atoms with E-state index in [0.717, 1.165) is 34.0 Å². The van der Waals surface area contributed by atoms with E-state index in [1.54, 1.807) is 17.4 Å². The highest BCUT2D eigenvalue weighted by Crippen LogP contribution is 2.49. The van der Waals surface area contributed by atoms with E-state index in [1.165, 1.54) is 12.1 Å². The quantitative estimate of drug-likeness (QED) is 0.922. The van der Waals surface area contributed by atoms with E-state index in [0.29, 0.717) is 6.54 Å². The van der Waals surface area contributed by atoms with E-state index in [1.807, 2.05) is 13.0 Å². The molecule has 4 heteroatoms. The van der Waals surface area contributed by atoms with E-state index in [2.05, 4.69) is 0 Å². The molecular formula is C14H15FN2S. The highest BCUT2D eigenvalue weighted by molar-refractivity contribution is 7.12. The Morgan fingerprint density at radius 3 is 2.83 bits per heavy atom. The first-order valence-corrected chi connectivity index (χ1v) is 6.90. The highest BCUT2D eigenvalue weighted by atomic mass is 32.1. The van der Waals surface area contributed by atoms with Gasteiger partial charge in [0.15, 0.2) is 0 Å². The van der Waals surface area contributed by atoms with Gasteiger partial charge in [0.05, 0.1) is 5.69 Å². The van der Waals surface area contributed by atoms with Crippen molar-refractivity contribution in [2.24, 2.45) is 5.73 Å². The molecule has 1 heterocycles. The second-order valence-electron chi connectivity index (χ2n) is 4.92. The molecule has 0 saturated heterocycles. The van der Waals surface area contributed by atoms with Gasteiger partial charge in [-0.2, -0.15) is 0 Å². The van der Waals surface area contributed by atoms with Gasteiger partial charge in [-0.15, -0.1) is 11.3 Å². The summed E-state index contributed by atoms with van der Waals surface area (Å²) >= 11 is 1.70. The fourth-order valence-electron chi connectivity index (χ4n) is 2.18. The van der Waals surface area contributed by atoms with Gasteiger partial charge in [0.25, 0.3) is 0 Å². The first kappa shape index (κ1) is 11.8. The Hall–Kier alpha value is -1.26. The SMILES string of the molecule is Cc1sc(C2(CN)CC2)nc1-c1cccc(F)c1. The zero-order chi connectivity index (χ0) is 12.8. The monoisotopic (exact) mass is 262 g/mol. The summed E-state index contributed by atoms with van der Waals surface area (Å²) in [5, 5.41) is 1.11. The van der Waals surface area contributed by atoms with Crippen molar-refractivity contribution in [3.8, 4) is 11.3 Å². The average molecular weight is 262 g/mol. The maximum Gasteiger partial charge on any atom is 0.123 e. The van der Waals surface area contributed by atoms with Crippen molar-refractivity contribution in [3.05, 3.63) is 40.0 Å². The van der Waals surface area contributed by atoms with Gasteiger partial charge in [-0.25, -0.2) is 9.37 Å². The summed E-state index contributed by atoms with van der Waals surface area (Å²) in [5.41, 5.74) is 7.69. The fourth-order valence-corrected chi connectivity index (χ4v) is 3.37. The topological polar surface area (TPSA) is 38.9 Å². The van der Waals surface area contributed by atoms with Gasteiger partial charge in [-0.05, 0) is 31.9 Å². The number of aromatic nitrogens is 1. The molecule has 0 amide bonds. The molecule has 3 rings (SSSR count). The molecule has 0 spiro atoms. The second kappa shape index (κ2) is 4.14. The molecule has 2 N–H and O–H groups in total. The summed E-state index contributed by atoms with van der Waals surface area (Å²) in [7, 11) is 0. The molecule has 18 heavy (non-hydrogen) atoms. The largest absolute Gasteiger partial charge is 0.329 e. The van der Waals surface area contributed by atoms with E-state index in [9.17, 15) is 4.39 Å². The number of aryl methyl sites for hydroxylation is 1. The number of thiazole rings is 1. The van der Waals surface area contributed by atoms with Crippen molar-refractivity contribution in [2.75, 3.05) is 6.54 Å². The molecule has 1 aliphatic carbocycles. The van der Waals surface area contributed by atoms with Crippen LogP contribution in [0.5, 0.6) is 0 Å². The Morgan fingerprint density at radius 2 is 2.22 bits per heavy atom. The van der Waals surface area contributed by atoms with Crippen LogP contribution in [0.4, 0.5) is 4.39 Å². The van der Waals surface area contributed by atoms with Crippen LogP contribution in [-0.2, 0) is 5.41 Å². The maximum atomic E-state index is 13.3. The van der Waals surface area contributed by atoms with Gasteiger partial charge >= 0.3 is 0 Å². The van der Waals surface area contributed by atoms with E-state index in [-0.39, 0.29) is 11.2 Å². The molecule has 1 aromatic carbocycles. The van der Waals surface area contributed by atoms with Gasteiger partial charge in [0.1, 0.15) is 10.8 Å². The molecule has 2 nitrogen and oxygen atoms in total. The second-order valence-corrected chi connectivity index (χ2v) is 6.12. The summed E-state index contributed by atoms with van der Waals surface area (Å²) in [6, 6.07) is 6.61. The Morgan fingerprint density at radius 1 is 1.44 bits per heavy atom. The lowest BCUT2D eigenvalue weighted by Gasteiger charge is -2.06. The minimum Gasteiger partial charge on any atom is -0.329 e. The number of nitrogens with zero attached hydrogens (tertiary/aromatic N) is 1. The Kier molecular flexibility index (Phi) is 2.72. The third-order valence-electron chi connectivity index (χ3n) is 3.59. The van der Waals surface area contributed by atoms with Crippen LogP contribution in [-0.4, -0.2) is 11.5 Å². The molecule has 0 aliphatic heterocycles. The fraction of sp³-hybridized carbons (Fsp3) is 0.357. The summed E-state index contributed by atoms with van der Waals surface area (Å²) in [6.07, 6.45) is 2.25. The standard InChI is InChI=1S/C14H15FN2S/c1-9-12(10-3-2-4-11(15)7-10)17-13(18-9)14(8-16)5-6-14/h2-4,7H,5-6,8,16H2,1H3. The van der Waals surface area contributed by atoms with Crippen LogP contribution in [0.1, 0.15) is 22.7 Å². The molecular weight excluding hydrogens is 247 g/mol. The molecule has 94 valence electrons. The lowest BCUT2D eigenvalue weighted by molar-refractivity contribution is 0.628. The van der Waals surface area contributed by atoms with Crippen molar-refractivity contribution in [3.63, 3.8) is 0 Å². The Balaban J connectivity index is 2.03. The normalized spacial score (nSPS) is 16.8. The molecule has 1 aromatic heterocycles. The van der Waals surface area contributed by atoms with Crippen molar-refractivity contribution >= 4 is 11.3 Å². The van der Waals surface area contributed by atoms with Crippen LogP contribution in [0.15, 0.2) is 24.3 Å². The summed E-state index contributed by atoms with van der Waals surface area (Å²) in [6.45, 7) is 2.69. The number of benzene rings is 1. The van der Waals surface area contributed by atoms with Crippen LogP contribution in [0.2, 0.25) is 0 Å². The first-order chi connectivity index (χ1) is 8.64. The van der Waals surface area contributed by atoms with Gasteiger partial charge < -0.3 is 5.73 Å². The molecule has 1 fully saturated rings. The summed E-state index contributed by atoms with van der Waals surface area (Å²) in [4.78, 5) is 5.83. The van der Waals surface area contributed by atoms with Crippen molar-refractivity contribution in [2.45, 2.75) is 25.2 Å². The molecule has 0 radical (unpaired) electrons. The third-order valence-corrected chi connectivity index (χ3v) is 4.81. The molecule has 0 atom stereocenters. The smallest absolute Gasteiger partial charge is 0.123 e. The highest BCUT2D eigenvalue weighted by Gasteiger charge is 2.45.